The van der Waals surface area contributed by atoms with Gasteiger partial charge in [0.05, 0.1) is 11.0 Å². The van der Waals surface area contributed by atoms with Gasteiger partial charge in [-0.15, -0.1) is 0 Å². The van der Waals surface area contributed by atoms with Gasteiger partial charge in [-0.2, -0.15) is 0 Å². The molecule has 4 aromatic rings. The molecule has 1 fully saturated rings. The van der Waals surface area contributed by atoms with Crippen molar-refractivity contribution in [3.05, 3.63) is 71.7 Å². The molecule has 0 bridgehead atoms. The van der Waals surface area contributed by atoms with Crippen LogP contribution in [0.15, 0.2) is 54.7 Å². The van der Waals surface area contributed by atoms with Crippen molar-refractivity contribution in [1.82, 2.24) is 14.5 Å². The zero-order valence-electron chi connectivity index (χ0n) is 17.6. The molecule has 32 heavy (non-hydrogen) atoms. The average Bonchev–Trinajstić information content (AvgIpc) is 3.15. The smallest absolute Gasteiger partial charge is 0.222 e. The maximum absolute atomic E-state index is 13.7. The molecule has 0 unspecified atom stereocenters. The minimum Gasteiger partial charge on any atom is -0.439 e. The molecule has 7 heteroatoms. The van der Waals surface area contributed by atoms with E-state index >= 15 is 0 Å². The minimum atomic E-state index is -0.337. The highest BCUT2D eigenvalue weighted by Crippen LogP contribution is 2.36. The number of hydrogen-bond acceptors (Lipinski definition) is 5. The van der Waals surface area contributed by atoms with Gasteiger partial charge in [-0.05, 0) is 61.2 Å². The first kappa shape index (κ1) is 20.3. The number of aryl methyl sites for hydroxylation is 1. The Morgan fingerprint density at radius 3 is 2.81 bits per heavy atom. The van der Waals surface area contributed by atoms with E-state index in [-0.39, 0.29) is 5.82 Å². The number of pyridine rings is 1. The summed E-state index contributed by atoms with van der Waals surface area (Å²) in [5.41, 5.74) is 3.44. The Bertz CT molecular complexity index is 1300. The Kier molecular flexibility index (Phi) is 5.41. The van der Waals surface area contributed by atoms with Crippen LogP contribution in [0.2, 0.25) is 0 Å². The lowest BCUT2D eigenvalue weighted by molar-refractivity contribution is 0.0848. The van der Waals surface area contributed by atoms with Crippen molar-refractivity contribution >= 4 is 17.3 Å². The summed E-state index contributed by atoms with van der Waals surface area (Å²) in [6.07, 6.45) is 4.34. The van der Waals surface area contributed by atoms with E-state index in [0.29, 0.717) is 45.5 Å². The lowest BCUT2D eigenvalue weighted by atomic mass is 9.92. The number of fused-ring (bicyclic) bond motifs is 1. The third-order valence-electron chi connectivity index (χ3n) is 5.91. The van der Waals surface area contributed by atoms with Crippen molar-refractivity contribution in [2.24, 2.45) is 7.05 Å². The van der Waals surface area contributed by atoms with Crippen LogP contribution in [-0.2, 0) is 11.8 Å². The van der Waals surface area contributed by atoms with Crippen molar-refractivity contribution in [2.45, 2.75) is 18.8 Å². The monoisotopic (exact) mass is 431 g/mol. The number of hydrogen-bond donors (Lipinski definition) is 0. The highest BCUT2D eigenvalue weighted by atomic mass is 19.1. The quantitative estimate of drug-likeness (QED) is 0.403. The SMILES string of the molecule is Cn1c(-c2cc(Oc3ncccc3C3CCOCC3)ccc2C=O)nc2ccc(F)cc21. The second kappa shape index (κ2) is 8.51. The first-order valence-electron chi connectivity index (χ1n) is 10.6. The van der Waals surface area contributed by atoms with E-state index in [9.17, 15) is 9.18 Å². The third kappa shape index (κ3) is 3.76. The Morgan fingerprint density at radius 1 is 1.16 bits per heavy atom. The molecular formula is C25H22FN3O3. The summed E-state index contributed by atoms with van der Waals surface area (Å²) in [6.45, 7) is 1.45. The van der Waals surface area contributed by atoms with E-state index in [1.54, 1.807) is 42.1 Å². The normalized spacial score (nSPS) is 14.6. The molecule has 0 atom stereocenters. The standard InChI is InChI=1S/C25H22FN3O3/c1-29-23-13-18(26)5-7-22(23)28-24(29)21-14-19(6-4-17(21)15-30)32-25-20(3-2-10-27-25)16-8-11-31-12-9-16/h2-7,10,13-16H,8-9,11-12H2,1H3. The molecule has 5 rings (SSSR count). The third-order valence-corrected chi connectivity index (χ3v) is 5.91. The number of carbonyl (C=O) groups is 1. The molecule has 0 spiro atoms. The predicted molar refractivity (Wildman–Crippen MR) is 119 cm³/mol. The molecule has 1 aliphatic rings. The summed E-state index contributed by atoms with van der Waals surface area (Å²) in [5.74, 6) is 1.65. The fourth-order valence-corrected chi connectivity index (χ4v) is 4.22. The van der Waals surface area contributed by atoms with Crippen LogP contribution < -0.4 is 4.74 Å². The zero-order valence-corrected chi connectivity index (χ0v) is 17.6. The highest BCUT2D eigenvalue weighted by molar-refractivity contribution is 5.89. The molecule has 0 saturated carbocycles. The molecule has 0 aliphatic carbocycles. The van der Waals surface area contributed by atoms with Crippen LogP contribution >= 0.6 is 0 Å². The van der Waals surface area contributed by atoms with Gasteiger partial charge in [0, 0.05) is 43.1 Å². The van der Waals surface area contributed by atoms with Crippen molar-refractivity contribution in [3.63, 3.8) is 0 Å². The number of ether oxygens (including phenoxy) is 2. The number of nitrogens with zero attached hydrogens (tertiary/aromatic N) is 3. The second-order valence-corrected chi connectivity index (χ2v) is 7.88. The van der Waals surface area contributed by atoms with E-state index < -0.39 is 0 Å². The summed E-state index contributed by atoms with van der Waals surface area (Å²) in [6, 6.07) is 13.6. The fourth-order valence-electron chi connectivity index (χ4n) is 4.22. The van der Waals surface area contributed by atoms with Crippen LogP contribution in [0.1, 0.15) is 34.7 Å². The van der Waals surface area contributed by atoms with Crippen LogP contribution in [0.25, 0.3) is 22.4 Å². The Labute approximate surface area is 184 Å². The molecule has 6 nitrogen and oxygen atoms in total. The molecular weight excluding hydrogens is 409 g/mol. The lowest BCUT2D eigenvalue weighted by Crippen LogP contribution is -2.15. The van der Waals surface area contributed by atoms with Gasteiger partial charge in [0.2, 0.25) is 5.88 Å². The van der Waals surface area contributed by atoms with E-state index in [1.807, 2.05) is 12.1 Å². The van der Waals surface area contributed by atoms with Crippen LogP contribution in [0.4, 0.5) is 4.39 Å². The maximum Gasteiger partial charge on any atom is 0.222 e. The molecule has 2 aromatic carbocycles. The topological polar surface area (TPSA) is 66.2 Å². The largest absolute Gasteiger partial charge is 0.439 e. The average molecular weight is 431 g/mol. The number of benzene rings is 2. The maximum atomic E-state index is 13.7. The lowest BCUT2D eigenvalue weighted by Gasteiger charge is -2.23. The van der Waals surface area contributed by atoms with E-state index in [0.717, 1.165) is 37.9 Å². The summed E-state index contributed by atoms with van der Waals surface area (Å²) >= 11 is 0. The number of carbonyl (C=O) groups excluding carboxylic acids is 1. The fraction of sp³-hybridized carbons (Fsp3) is 0.240. The van der Waals surface area contributed by atoms with Crippen molar-refractivity contribution in [1.29, 1.82) is 0 Å². The molecule has 0 N–H and O–H groups in total. The Hall–Kier alpha value is -3.58. The van der Waals surface area contributed by atoms with Crippen molar-refractivity contribution in [2.75, 3.05) is 13.2 Å². The number of aromatic nitrogens is 3. The van der Waals surface area contributed by atoms with Gasteiger partial charge in [-0.3, -0.25) is 4.79 Å². The van der Waals surface area contributed by atoms with Gasteiger partial charge in [0.25, 0.3) is 0 Å². The van der Waals surface area contributed by atoms with E-state index in [4.69, 9.17) is 9.47 Å². The Morgan fingerprint density at radius 2 is 2.00 bits per heavy atom. The molecule has 0 radical (unpaired) electrons. The minimum absolute atomic E-state index is 0.330. The van der Waals surface area contributed by atoms with Gasteiger partial charge < -0.3 is 14.0 Å². The number of rotatable bonds is 5. The highest BCUT2D eigenvalue weighted by Gasteiger charge is 2.21. The van der Waals surface area contributed by atoms with E-state index in [2.05, 4.69) is 9.97 Å². The molecule has 162 valence electrons. The summed E-state index contributed by atoms with van der Waals surface area (Å²) < 4.78 is 27.2. The zero-order chi connectivity index (χ0) is 22.1. The van der Waals surface area contributed by atoms with Gasteiger partial charge in [0.15, 0.2) is 6.29 Å². The van der Waals surface area contributed by atoms with Gasteiger partial charge in [-0.1, -0.05) is 6.07 Å². The first-order valence-corrected chi connectivity index (χ1v) is 10.6. The molecule has 2 aromatic heterocycles. The van der Waals surface area contributed by atoms with Crippen LogP contribution in [-0.4, -0.2) is 34.0 Å². The molecule has 3 heterocycles. The van der Waals surface area contributed by atoms with Gasteiger partial charge >= 0.3 is 0 Å². The number of aldehydes is 1. The van der Waals surface area contributed by atoms with Crippen molar-refractivity contribution in [3.8, 4) is 23.0 Å². The van der Waals surface area contributed by atoms with Crippen LogP contribution in [0, 0.1) is 5.82 Å². The second-order valence-electron chi connectivity index (χ2n) is 7.88. The molecule has 1 saturated heterocycles. The van der Waals surface area contributed by atoms with Crippen LogP contribution in [0.5, 0.6) is 11.6 Å². The van der Waals surface area contributed by atoms with Crippen molar-refractivity contribution < 1.29 is 18.7 Å². The van der Waals surface area contributed by atoms with Gasteiger partial charge in [0.1, 0.15) is 17.4 Å². The van der Waals surface area contributed by atoms with Crippen LogP contribution in [0.3, 0.4) is 0 Å². The number of imidazole rings is 1. The summed E-state index contributed by atoms with van der Waals surface area (Å²) in [5, 5.41) is 0. The van der Waals surface area contributed by atoms with E-state index in [1.165, 1.54) is 12.1 Å². The predicted octanol–water partition coefficient (Wildman–Crippen LogP) is 5.27. The molecule has 1 aliphatic heterocycles. The first-order chi connectivity index (χ1) is 15.6. The summed E-state index contributed by atoms with van der Waals surface area (Å²) in [7, 11) is 1.80. The molecule has 0 amide bonds. The van der Waals surface area contributed by atoms with Gasteiger partial charge in [-0.25, -0.2) is 14.4 Å². The summed E-state index contributed by atoms with van der Waals surface area (Å²) in [4.78, 5) is 20.8. The number of halogens is 1. The Balaban J connectivity index is 1.54.